The summed E-state index contributed by atoms with van der Waals surface area (Å²) in [4.78, 5) is 4.55. The highest BCUT2D eigenvalue weighted by Gasteiger charge is 2.02. The molecule has 12 heavy (non-hydrogen) atoms. The Bertz CT molecular complexity index is 91.5. The van der Waals surface area contributed by atoms with Crippen molar-refractivity contribution in [3.8, 4) is 0 Å². The molecule has 0 radical (unpaired) electrons. The molecule has 0 fully saturated rings. The minimum absolute atomic E-state index is 0.291. The SMILES string of the molecule is COCCOCC(O)CNOC. The standard InChI is InChI=1S/C7H17NO4/c1-10-3-4-12-6-7(9)5-8-11-2/h7-9H,3-6H2,1-2H3. The fraction of sp³-hybridized carbons (Fsp3) is 1.00. The summed E-state index contributed by atoms with van der Waals surface area (Å²) < 4.78 is 9.82. The predicted octanol–water partition coefficient (Wildman–Crippen LogP) is -0.839. The van der Waals surface area contributed by atoms with E-state index in [4.69, 9.17) is 9.47 Å². The zero-order valence-electron chi connectivity index (χ0n) is 7.58. The van der Waals surface area contributed by atoms with Gasteiger partial charge in [-0.25, -0.2) is 5.48 Å². The quantitative estimate of drug-likeness (QED) is 0.376. The number of nitrogens with one attached hydrogen (secondary N) is 1. The molecule has 0 aliphatic rings. The Morgan fingerprint density at radius 3 is 2.67 bits per heavy atom. The van der Waals surface area contributed by atoms with Crippen LogP contribution in [-0.2, 0) is 14.3 Å². The third kappa shape index (κ3) is 7.90. The van der Waals surface area contributed by atoms with E-state index >= 15 is 0 Å². The van der Waals surface area contributed by atoms with Gasteiger partial charge in [0, 0.05) is 13.7 Å². The van der Waals surface area contributed by atoms with Crippen molar-refractivity contribution < 1.29 is 19.4 Å². The first-order valence-electron chi connectivity index (χ1n) is 3.81. The molecular formula is C7H17NO4. The summed E-state index contributed by atoms with van der Waals surface area (Å²) in [5.41, 5.74) is 2.53. The third-order valence-corrected chi connectivity index (χ3v) is 1.21. The minimum atomic E-state index is -0.540. The molecule has 1 atom stereocenters. The Hall–Kier alpha value is -0.200. The molecule has 5 nitrogen and oxygen atoms in total. The summed E-state index contributed by atoms with van der Waals surface area (Å²) in [7, 11) is 3.10. The van der Waals surface area contributed by atoms with Crippen LogP contribution in [0.4, 0.5) is 0 Å². The number of hydrogen-bond acceptors (Lipinski definition) is 5. The molecule has 0 aliphatic heterocycles. The highest BCUT2D eigenvalue weighted by atomic mass is 16.6. The number of rotatable bonds is 8. The molecule has 0 aromatic heterocycles. The summed E-state index contributed by atoms with van der Waals surface area (Å²) in [6.45, 7) is 1.70. The zero-order valence-corrected chi connectivity index (χ0v) is 7.58. The minimum Gasteiger partial charge on any atom is -0.389 e. The number of hydroxylamine groups is 1. The largest absolute Gasteiger partial charge is 0.389 e. The Kier molecular flexibility index (Phi) is 8.74. The van der Waals surface area contributed by atoms with Crippen molar-refractivity contribution in [1.29, 1.82) is 0 Å². The Labute approximate surface area is 72.6 Å². The van der Waals surface area contributed by atoms with Crippen molar-refractivity contribution in [2.24, 2.45) is 0 Å². The molecule has 0 heterocycles. The lowest BCUT2D eigenvalue weighted by atomic mass is 10.4. The average Bonchev–Trinajstić information content (AvgIpc) is 2.09. The topological polar surface area (TPSA) is 60.0 Å². The molecule has 0 rings (SSSR count). The van der Waals surface area contributed by atoms with E-state index < -0.39 is 6.10 Å². The lowest BCUT2D eigenvalue weighted by Crippen LogP contribution is -2.30. The molecule has 0 aromatic rings. The third-order valence-electron chi connectivity index (χ3n) is 1.21. The maximum Gasteiger partial charge on any atom is 0.0920 e. The normalized spacial score (nSPS) is 13.2. The van der Waals surface area contributed by atoms with Gasteiger partial charge in [-0.3, -0.25) is 0 Å². The number of methoxy groups -OCH3 is 1. The average molecular weight is 179 g/mol. The van der Waals surface area contributed by atoms with Gasteiger partial charge in [-0.2, -0.15) is 0 Å². The predicted molar refractivity (Wildman–Crippen MR) is 43.7 cm³/mol. The summed E-state index contributed by atoms with van der Waals surface area (Å²) in [5.74, 6) is 0. The van der Waals surface area contributed by atoms with Gasteiger partial charge < -0.3 is 19.4 Å². The van der Waals surface area contributed by atoms with Gasteiger partial charge in [0.2, 0.25) is 0 Å². The van der Waals surface area contributed by atoms with Crippen LogP contribution in [0.3, 0.4) is 0 Å². The van der Waals surface area contributed by atoms with Crippen molar-refractivity contribution in [3.05, 3.63) is 0 Å². The molecule has 0 saturated carbocycles. The van der Waals surface area contributed by atoms with E-state index in [-0.39, 0.29) is 0 Å². The van der Waals surface area contributed by atoms with Gasteiger partial charge >= 0.3 is 0 Å². The molecule has 0 spiro atoms. The van der Waals surface area contributed by atoms with E-state index in [1.807, 2.05) is 0 Å². The Balaban J connectivity index is 3.02. The maximum absolute atomic E-state index is 9.17. The first-order valence-corrected chi connectivity index (χ1v) is 3.81. The van der Waals surface area contributed by atoms with Gasteiger partial charge in [0.1, 0.15) is 0 Å². The van der Waals surface area contributed by atoms with E-state index in [2.05, 4.69) is 10.3 Å². The molecule has 0 saturated heterocycles. The van der Waals surface area contributed by atoms with E-state index in [9.17, 15) is 5.11 Å². The van der Waals surface area contributed by atoms with E-state index in [1.54, 1.807) is 7.11 Å². The zero-order chi connectivity index (χ0) is 9.23. The van der Waals surface area contributed by atoms with Gasteiger partial charge in [-0.15, -0.1) is 0 Å². The summed E-state index contributed by atoms with van der Waals surface area (Å²) in [5, 5.41) is 9.17. The van der Waals surface area contributed by atoms with Crippen LogP contribution in [-0.4, -0.2) is 51.8 Å². The van der Waals surface area contributed by atoms with Gasteiger partial charge in [0.15, 0.2) is 0 Å². The Morgan fingerprint density at radius 1 is 1.33 bits per heavy atom. The van der Waals surface area contributed by atoms with Crippen LogP contribution >= 0.6 is 0 Å². The number of hydrogen-bond donors (Lipinski definition) is 2. The first kappa shape index (κ1) is 11.8. The van der Waals surface area contributed by atoms with E-state index in [0.29, 0.717) is 26.4 Å². The first-order chi connectivity index (χ1) is 5.81. The van der Waals surface area contributed by atoms with Crippen LogP contribution in [0.15, 0.2) is 0 Å². The molecule has 0 bridgehead atoms. The number of ether oxygens (including phenoxy) is 2. The van der Waals surface area contributed by atoms with Crippen molar-refractivity contribution in [2.75, 3.05) is 40.6 Å². The van der Waals surface area contributed by atoms with Crippen molar-refractivity contribution in [1.82, 2.24) is 5.48 Å². The highest BCUT2D eigenvalue weighted by molar-refractivity contribution is 4.53. The van der Waals surface area contributed by atoms with Crippen LogP contribution in [0.2, 0.25) is 0 Å². The Morgan fingerprint density at radius 2 is 2.08 bits per heavy atom. The van der Waals surface area contributed by atoms with Crippen LogP contribution in [0, 0.1) is 0 Å². The van der Waals surface area contributed by atoms with E-state index in [0.717, 1.165) is 0 Å². The molecular weight excluding hydrogens is 162 g/mol. The lowest BCUT2D eigenvalue weighted by molar-refractivity contribution is -0.00963. The van der Waals surface area contributed by atoms with Crippen LogP contribution in [0.5, 0.6) is 0 Å². The second-order valence-corrected chi connectivity index (χ2v) is 2.27. The van der Waals surface area contributed by atoms with Crippen LogP contribution in [0.1, 0.15) is 0 Å². The second kappa shape index (κ2) is 8.89. The van der Waals surface area contributed by atoms with E-state index in [1.165, 1.54) is 7.11 Å². The molecule has 74 valence electrons. The van der Waals surface area contributed by atoms with Crippen molar-refractivity contribution in [3.63, 3.8) is 0 Å². The molecule has 1 unspecified atom stereocenters. The fourth-order valence-corrected chi connectivity index (χ4v) is 0.600. The molecule has 2 N–H and O–H groups in total. The summed E-state index contributed by atoms with van der Waals surface area (Å²) in [6, 6.07) is 0. The smallest absolute Gasteiger partial charge is 0.0920 e. The fourth-order valence-electron chi connectivity index (χ4n) is 0.600. The van der Waals surface area contributed by atoms with Crippen LogP contribution in [0.25, 0.3) is 0 Å². The van der Waals surface area contributed by atoms with Gasteiger partial charge in [-0.1, -0.05) is 0 Å². The van der Waals surface area contributed by atoms with Crippen molar-refractivity contribution in [2.45, 2.75) is 6.10 Å². The van der Waals surface area contributed by atoms with Crippen molar-refractivity contribution >= 4 is 0 Å². The molecule has 0 aromatic carbocycles. The maximum atomic E-state index is 9.17. The van der Waals surface area contributed by atoms with Gasteiger partial charge in [0.05, 0.1) is 33.0 Å². The lowest BCUT2D eigenvalue weighted by Gasteiger charge is -2.10. The summed E-state index contributed by atoms with van der Waals surface area (Å²) >= 11 is 0. The molecule has 5 heteroatoms. The second-order valence-electron chi connectivity index (χ2n) is 2.27. The molecule has 0 amide bonds. The number of aliphatic hydroxyl groups excluding tert-OH is 1. The molecule has 0 aliphatic carbocycles. The monoisotopic (exact) mass is 179 g/mol. The van der Waals surface area contributed by atoms with Crippen LogP contribution < -0.4 is 5.48 Å². The highest BCUT2D eigenvalue weighted by Crippen LogP contribution is 1.83. The summed E-state index contributed by atoms with van der Waals surface area (Å²) in [6.07, 6.45) is -0.540. The van der Waals surface area contributed by atoms with Gasteiger partial charge in [0.25, 0.3) is 0 Å². The van der Waals surface area contributed by atoms with Gasteiger partial charge in [-0.05, 0) is 0 Å². The number of aliphatic hydroxyl groups is 1.